The maximum absolute atomic E-state index is 9.69. The lowest BCUT2D eigenvalue weighted by molar-refractivity contribution is 0.190. The summed E-state index contributed by atoms with van der Waals surface area (Å²) in [6.07, 6.45) is -0.536. The molecule has 1 atom stereocenters. The van der Waals surface area contributed by atoms with Gasteiger partial charge in [-0.15, -0.1) is 11.3 Å². The largest absolute Gasteiger partial charge is 0.488 e. The Morgan fingerprint density at radius 2 is 2.24 bits per heavy atom. The number of rotatable bonds is 4. The number of benzene rings is 1. The summed E-state index contributed by atoms with van der Waals surface area (Å²) in [4.78, 5) is 1.17. The standard InChI is InChI=1S/C13H13BrO2S/c1-9(15)12-7-10(14)4-5-13(12)16-8-11-3-2-6-17-11/h2-7,9,15H,8H2,1H3/t9-/m1/s1. The molecule has 2 aromatic rings. The minimum atomic E-state index is -0.536. The van der Waals surface area contributed by atoms with E-state index in [1.807, 2.05) is 35.7 Å². The van der Waals surface area contributed by atoms with Crippen molar-refractivity contribution < 1.29 is 9.84 Å². The normalized spacial score (nSPS) is 12.4. The lowest BCUT2D eigenvalue weighted by Gasteiger charge is -2.13. The number of hydrogen-bond donors (Lipinski definition) is 1. The summed E-state index contributed by atoms with van der Waals surface area (Å²) in [5, 5.41) is 11.7. The molecule has 0 aliphatic carbocycles. The molecule has 0 aliphatic rings. The van der Waals surface area contributed by atoms with Crippen LogP contribution < -0.4 is 4.74 Å². The maximum atomic E-state index is 9.69. The molecule has 0 saturated carbocycles. The molecule has 0 aliphatic heterocycles. The van der Waals surface area contributed by atoms with Gasteiger partial charge in [0.2, 0.25) is 0 Å². The quantitative estimate of drug-likeness (QED) is 0.919. The first-order valence-electron chi connectivity index (χ1n) is 5.29. The zero-order valence-corrected chi connectivity index (χ0v) is 11.8. The second-order valence-corrected chi connectivity index (χ2v) is 5.67. The van der Waals surface area contributed by atoms with Crippen LogP contribution >= 0.6 is 27.3 Å². The average molecular weight is 313 g/mol. The van der Waals surface area contributed by atoms with Crippen LogP contribution in [0.4, 0.5) is 0 Å². The lowest BCUT2D eigenvalue weighted by Crippen LogP contribution is -2.00. The molecule has 2 nitrogen and oxygen atoms in total. The number of aliphatic hydroxyl groups is 1. The van der Waals surface area contributed by atoms with Crippen LogP contribution in [-0.4, -0.2) is 5.11 Å². The molecule has 0 saturated heterocycles. The van der Waals surface area contributed by atoms with Gasteiger partial charge < -0.3 is 9.84 Å². The van der Waals surface area contributed by atoms with E-state index >= 15 is 0 Å². The fraction of sp³-hybridized carbons (Fsp3) is 0.231. The second kappa shape index (κ2) is 5.67. The number of aliphatic hydroxyl groups excluding tert-OH is 1. The first kappa shape index (κ1) is 12.6. The van der Waals surface area contributed by atoms with Crippen LogP contribution in [0.1, 0.15) is 23.5 Å². The van der Waals surface area contributed by atoms with E-state index in [1.165, 1.54) is 4.88 Å². The van der Waals surface area contributed by atoms with Crippen molar-refractivity contribution >= 4 is 27.3 Å². The van der Waals surface area contributed by atoms with Crippen LogP contribution in [0.25, 0.3) is 0 Å². The minimum absolute atomic E-state index is 0.536. The zero-order valence-electron chi connectivity index (χ0n) is 9.39. The van der Waals surface area contributed by atoms with Gasteiger partial charge in [0.25, 0.3) is 0 Å². The van der Waals surface area contributed by atoms with Crippen LogP contribution in [0.15, 0.2) is 40.2 Å². The molecule has 2 rings (SSSR count). The molecule has 0 spiro atoms. The predicted octanol–water partition coefficient (Wildman–Crippen LogP) is 4.14. The molecule has 1 heterocycles. The Kier molecular flexibility index (Phi) is 4.20. The summed E-state index contributed by atoms with van der Waals surface area (Å²) in [5.41, 5.74) is 0.802. The number of hydrogen-bond acceptors (Lipinski definition) is 3. The Labute approximate surface area is 113 Å². The molecule has 1 aromatic heterocycles. The lowest BCUT2D eigenvalue weighted by atomic mass is 10.1. The van der Waals surface area contributed by atoms with Crippen LogP contribution in [0.3, 0.4) is 0 Å². The van der Waals surface area contributed by atoms with Gasteiger partial charge in [-0.2, -0.15) is 0 Å². The third-order valence-corrected chi connectivity index (χ3v) is 3.72. The van der Waals surface area contributed by atoms with E-state index in [-0.39, 0.29) is 0 Å². The summed E-state index contributed by atoms with van der Waals surface area (Å²) in [7, 11) is 0. The monoisotopic (exact) mass is 312 g/mol. The van der Waals surface area contributed by atoms with Crippen molar-refractivity contribution in [3.63, 3.8) is 0 Å². The van der Waals surface area contributed by atoms with Gasteiger partial charge in [-0.25, -0.2) is 0 Å². The molecular formula is C13H13BrO2S. The van der Waals surface area contributed by atoms with Crippen molar-refractivity contribution in [1.29, 1.82) is 0 Å². The SMILES string of the molecule is C[C@@H](O)c1cc(Br)ccc1OCc1cccs1. The molecule has 0 fully saturated rings. The van der Waals surface area contributed by atoms with Crippen molar-refractivity contribution in [2.45, 2.75) is 19.6 Å². The first-order chi connectivity index (χ1) is 8.16. The second-order valence-electron chi connectivity index (χ2n) is 3.73. The Hall–Kier alpha value is -0.840. The van der Waals surface area contributed by atoms with Gasteiger partial charge in [-0.05, 0) is 36.6 Å². The van der Waals surface area contributed by atoms with Gasteiger partial charge in [-0.1, -0.05) is 22.0 Å². The van der Waals surface area contributed by atoms with Gasteiger partial charge in [0, 0.05) is 14.9 Å². The summed E-state index contributed by atoms with van der Waals surface area (Å²) in [5.74, 6) is 0.733. The van der Waals surface area contributed by atoms with Gasteiger partial charge in [0.1, 0.15) is 12.4 Å². The van der Waals surface area contributed by atoms with Gasteiger partial charge >= 0.3 is 0 Å². The fourth-order valence-corrected chi connectivity index (χ4v) is 2.52. The van der Waals surface area contributed by atoms with E-state index in [0.29, 0.717) is 6.61 Å². The molecule has 1 aromatic carbocycles. The molecule has 0 amide bonds. The van der Waals surface area contributed by atoms with Crippen LogP contribution in [-0.2, 0) is 6.61 Å². The fourth-order valence-electron chi connectivity index (χ4n) is 1.52. The minimum Gasteiger partial charge on any atom is -0.488 e. The highest BCUT2D eigenvalue weighted by Gasteiger charge is 2.10. The molecule has 90 valence electrons. The number of halogens is 1. The predicted molar refractivity (Wildman–Crippen MR) is 73.4 cm³/mol. The molecule has 1 N–H and O–H groups in total. The number of ether oxygens (including phenoxy) is 1. The van der Waals surface area contributed by atoms with Crippen molar-refractivity contribution in [2.75, 3.05) is 0 Å². The van der Waals surface area contributed by atoms with Crippen LogP contribution in [0, 0.1) is 0 Å². The molecule has 4 heteroatoms. The third-order valence-electron chi connectivity index (χ3n) is 2.37. The van der Waals surface area contributed by atoms with E-state index in [9.17, 15) is 5.11 Å². The summed E-state index contributed by atoms with van der Waals surface area (Å²) >= 11 is 5.05. The van der Waals surface area contributed by atoms with Gasteiger partial charge in [0.05, 0.1) is 6.10 Å². The Bertz CT molecular complexity index is 480. The summed E-state index contributed by atoms with van der Waals surface area (Å²) in [6.45, 7) is 2.28. The maximum Gasteiger partial charge on any atom is 0.125 e. The highest BCUT2D eigenvalue weighted by atomic mass is 79.9. The zero-order chi connectivity index (χ0) is 12.3. The van der Waals surface area contributed by atoms with Crippen molar-refractivity contribution in [1.82, 2.24) is 0 Å². The summed E-state index contributed by atoms with van der Waals surface area (Å²) in [6, 6.07) is 9.70. The van der Waals surface area contributed by atoms with E-state index in [2.05, 4.69) is 15.9 Å². The average Bonchev–Trinajstić information content (AvgIpc) is 2.80. The highest BCUT2D eigenvalue weighted by Crippen LogP contribution is 2.29. The first-order valence-corrected chi connectivity index (χ1v) is 6.97. The van der Waals surface area contributed by atoms with Gasteiger partial charge in [0.15, 0.2) is 0 Å². The Balaban J connectivity index is 2.14. The third kappa shape index (κ3) is 3.31. The van der Waals surface area contributed by atoms with E-state index < -0.39 is 6.10 Å². The molecule has 17 heavy (non-hydrogen) atoms. The van der Waals surface area contributed by atoms with E-state index in [0.717, 1.165) is 15.8 Å². The number of thiophene rings is 1. The van der Waals surface area contributed by atoms with E-state index in [1.54, 1.807) is 18.3 Å². The molecule has 0 radical (unpaired) electrons. The van der Waals surface area contributed by atoms with E-state index in [4.69, 9.17) is 4.74 Å². The van der Waals surface area contributed by atoms with Crippen LogP contribution in [0.5, 0.6) is 5.75 Å². The summed E-state index contributed by atoms with van der Waals surface area (Å²) < 4.78 is 6.67. The smallest absolute Gasteiger partial charge is 0.125 e. The van der Waals surface area contributed by atoms with Crippen LogP contribution in [0.2, 0.25) is 0 Å². The molecule has 0 bridgehead atoms. The molecular weight excluding hydrogens is 300 g/mol. The Morgan fingerprint density at radius 3 is 2.88 bits per heavy atom. The van der Waals surface area contributed by atoms with Gasteiger partial charge in [-0.3, -0.25) is 0 Å². The Morgan fingerprint density at radius 1 is 1.41 bits per heavy atom. The topological polar surface area (TPSA) is 29.5 Å². The van der Waals surface area contributed by atoms with Crippen molar-refractivity contribution in [3.05, 3.63) is 50.6 Å². The highest BCUT2D eigenvalue weighted by molar-refractivity contribution is 9.10. The molecule has 0 unspecified atom stereocenters. The van der Waals surface area contributed by atoms with Crippen molar-refractivity contribution in [3.8, 4) is 5.75 Å². The van der Waals surface area contributed by atoms with Crippen molar-refractivity contribution in [2.24, 2.45) is 0 Å².